The summed E-state index contributed by atoms with van der Waals surface area (Å²) < 4.78 is 42.7. The molecule has 0 aliphatic carbocycles. The number of aliphatic imine (C=N–C) groups is 1. The number of benzene rings is 2. The van der Waals surface area contributed by atoms with Crippen molar-refractivity contribution < 1.29 is 17.9 Å². The van der Waals surface area contributed by atoms with Gasteiger partial charge in [0.1, 0.15) is 5.75 Å². The molecule has 2 rings (SSSR count). The minimum atomic E-state index is -4.36. The van der Waals surface area contributed by atoms with E-state index in [1.54, 1.807) is 31.4 Å². The number of nitrogens with zero attached hydrogens (tertiary/aromatic N) is 1. The summed E-state index contributed by atoms with van der Waals surface area (Å²) in [4.78, 5) is 4.04. The van der Waals surface area contributed by atoms with Gasteiger partial charge in [-0.1, -0.05) is 6.07 Å². The van der Waals surface area contributed by atoms with Gasteiger partial charge >= 0.3 is 6.18 Å². The normalized spacial score (nSPS) is 11.8. The van der Waals surface area contributed by atoms with Crippen LogP contribution in [0, 0.1) is 0 Å². The SMILES string of the molecule is COc1ccc(C=Nc2cccc(C(F)(F)F)c2)cc1. The van der Waals surface area contributed by atoms with Crippen LogP contribution >= 0.6 is 0 Å². The highest BCUT2D eigenvalue weighted by Crippen LogP contribution is 2.31. The number of halogens is 3. The van der Waals surface area contributed by atoms with Gasteiger partial charge in [-0.3, -0.25) is 4.99 Å². The molecule has 0 radical (unpaired) electrons. The molecule has 104 valence electrons. The van der Waals surface area contributed by atoms with Crippen LogP contribution in [-0.4, -0.2) is 13.3 Å². The van der Waals surface area contributed by atoms with E-state index in [0.717, 1.165) is 17.7 Å². The molecule has 0 aliphatic rings. The first-order valence-corrected chi connectivity index (χ1v) is 5.84. The van der Waals surface area contributed by atoms with E-state index in [0.29, 0.717) is 5.75 Å². The number of hydrogen-bond acceptors (Lipinski definition) is 2. The lowest BCUT2D eigenvalue weighted by Gasteiger charge is -2.06. The molecule has 0 fully saturated rings. The molecule has 2 aromatic rings. The fourth-order valence-corrected chi connectivity index (χ4v) is 1.60. The Bertz CT molecular complexity index is 603. The Morgan fingerprint density at radius 2 is 1.75 bits per heavy atom. The van der Waals surface area contributed by atoms with E-state index in [9.17, 15) is 13.2 Å². The highest BCUT2D eigenvalue weighted by atomic mass is 19.4. The smallest absolute Gasteiger partial charge is 0.416 e. The summed E-state index contributed by atoms with van der Waals surface area (Å²) in [5.41, 5.74) is 0.334. The molecule has 0 amide bonds. The maximum absolute atomic E-state index is 12.5. The van der Waals surface area contributed by atoms with Crippen molar-refractivity contribution in [3.05, 3.63) is 59.7 Å². The Labute approximate surface area is 114 Å². The summed E-state index contributed by atoms with van der Waals surface area (Å²) in [6.45, 7) is 0. The highest BCUT2D eigenvalue weighted by molar-refractivity contribution is 5.82. The van der Waals surface area contributed by atoms with E-state index in [2.05, 4.69) is 4.99 Å². The molecule has 2 nitrogen and oxygen atoms in total. The van der Waals surface area contributed by atoms with Crippen molar-refractivity contribution in [3.63, 3.8) is 0 Å². The zero-order valence-corrected chi connectivity index (χ0v) is 10.7. The predicted octanol–water partition coefficient (Wildman–Crippen LogP) is 4.46. The van der Waals surface area contributed by atoms with Crippen LogP contribution in [-0.2, 0) is 6.18 Å². The molecule has 0 saturated carbocycles. The first kappa shape index (κ1) is 14.1. The van der Waals surface area contributed by atoms with Crippen LogP contribution in [0.25, 0.3) is 0 Å². The van der Waals surface area contributed by atoms with E-state index in [4.69, 9.17) is 4.74 Å². The van der Waals surface area contributed by atoms with Gasteiger partial charge in [-0.05, 0) is 48.0 Å². The largest absolute Gasteiger partial charge is 0.497 e. The van der Waals surface area contributed by atoms with Gasteiger partial charge in [0.15, 0.2) is 0 Å². The van der Waals surface area contributed by atoms with Crippen LogP contribution in [0.2, 0.25) is 0 Å². The second-order valence-electron chi connectivity index (χ2n) is 4.08. The van der Waals surface area contributed by atoms with E-state index in [-0.39, 0.29) is 5.69 Å². The number of ether oxygens (including phenoxy) is 1. The topological polar surface area (TPSA) is 21.6 Å². The maximum Gasteiger partial charge on any atom is 0.416 e. The van der Waals surface area contributed by atoms with E-state index < -0.39 is 11.7 Å². The van der Waals surface area contributed by atoms with Crippen molar-refractivity contribution in [1.82, 2.24) is 0 Å². The molecule has 0 unspecified atom stereocenters. The standard InChI is InChI=1S/C15H12F3NO/c1-20-14-7-5-11(6-8-14)10-19-13-4-2-3-12(9-13)15(16,17)18/h2-10H,1H3. The Balaban J connectivity index is 2.18. The number of alkyl halides is 3. The molecule has 0 N–H and O–H groups in total. The average Bonchev–Trinajstić information content (AvgIpc) is 2.45. The van der Waals surface area contributed by atoms with Gasteiger partial charge in [0.25, 0.3) is 0 Å². The van der Waals surface area contributed by atoms with Crippen LogP contribution in [0.4, 0.5) is 18.9 Å². The van der Waals surface area contributed by atoms with Gasteiger partial charge in [-0.15, -0.1) is 0 Å². The van der Waals surface area contributed by atoms with E-state index in [1.807, 2.05) is 0 Å². The van der Waals surface area contributed by atoms with Crippen LogP contribution in [0.5, 0.6) is 5.75 Å². The fraction of sp³-hybridized carbons (Fsp3) is 0.133. The van der Waals surface area contributed by atoms with Gasteiger partial charge in [0.05, 0.1) is 18.4 Å². The van der Waals surface area contributed by atoms with Gasteiger partial charge < -0.3 is 4.74 Å². The lowest BCUT2D eigenvalue weighted by atomic mass is 10.2. The molecule has 2 aromatic carbocycles. The molecule has 0 bridgehead atoms. The summed E-state index contributed by atoms with van der Waals surface area (Å²) in [6.07, 6.45) is -2.85. The lowest BCUT2D eigenvalue weighted by Crippen LogP contribution is -2.03. The first-order chi connectivity index (χ1) is 9.49. The van der Waals surface area contributed by atoms with Crippen molar-refractivity contribution >= 4 is 11.9 Å². The average molecular weight is 279 g/mol. The molecule has 0 heterocycles. The maximum atomic E-state index is 12.5. The third-order valence-electron chi connectivity index (χ3n) is 2.65. The minimum absolute atomic E-state index is 0.260. The second kappa shape index (κ2) is 5.77. The molecule has 0 atom stereocenters. The van der Waals surface area contributed by atoms with E-state index in [1.165, 1.54) is 18.3 Å². The molecule has 0 spiro atoms. The zero-order valence-electron chi connectivity index (χ0n) is 10.7. The minimum Gasteiger partial charge on any atom is -0.497 e. The van der Waals surface area contributed by atoms with Gasteiger partial charge in [-0.25, -0.2) is 0 Å². The summed E-state index contributed by atoms with van der Waals surface area (Å²) >= 11 is 0. The number of rotatable bonds is 3. The van der Waals surface area contributed by atoms with Crippen molar-refractivity contribution in [2.45, 2.75) is 6.18 Å². The summed E-state index contributed by atoms with van der Waals surface area (Å²) in [7, 11) is 1.56. The first-order valence-electron chi connectivity index (χ1n) is 5.84. The third kappa shape index (κ3) is 3.60. The van der Waals surface area contributed by atoms with Crippen molar-refractivity contribution in [1.29, 1.82) is 0 Å². The summed E-state index contributed by atoms with van der Waals surface area (Å²) in [5.74, 6) is 0.709. The van der Waals surface area contributed by atoms with Crippen LogP contribution in [0.15, 0.2) is 53.5 Å². The molecular formula is C15H12F3NO. The van der Waals surface area contributed by atoms with Crippen LogP contribution in [0.1, 0.15) is 11.1 Å². The molecular weight excluding hydrogens is 267 g/mol. The molecule has 0 aromatic heterocycles. The molecule has 0 saturated heterocycles. The highest BCUT2D eigenvalue weighted by Gasteiger charge is 2.30. The van der Waals surface area contributed by atoms with E-state index >= 15 is 0 Å². The Morgan fingerprint density at radius 1 is 1.05 bits per heavy atom. The fourth-order valence-electron chi connectivity index (χ4n) is 1.60. The Hall–Kier alpha value is -2.30. The van der Waals surface area contributed by atoms with Crippen LogP contribution in [0.3, 0.4) is 0 Å². The zero-order chi connectivity index (χ0) is 14.6. The lowest BCUT2D eigenvalue weighted by molar-refractivity contribution is -0.137. The molecule has 5 heteroatoms. The Kier molecular flexibility index (Phi) is 4.08. The summed E-state index contributed by atoms with van der Waals surface area (Å²) in [5, 5.41) is 0. The number of methoxy groups -OCH3 is 1. The monoisotopic (exact) mass is 279 g/mol. The Morgan fingerprint density at radius 3 is 2.35 bits per heavy atom. The van der Waals surface area contributed by atoms with Crippen molar-refractivity contribution in [3.8, 4) is 5.75 Å². The third-order valence-corrected chi connectivity index (χ3v) is 2.65. The molecule has 0 aliphatic heterocycles. The summed E-state index contributed by atoms with van der Waals surface area (Å²) in [6, 6.07) is 12.0. The van der Waals surface area contributed by atoms with Gasteiger partial charge in [0, 0.05) is 6.21 Å². The van der Waals surface area contributed by atoms with Crippen LogP contribution < -0.4 is 4.74 Å². The van der Waals surface area contributed by atoms with Gasteiger partial charge in [0.2, 0.25) is 0 Å². The van der Waals surface area contributed by atoms with Crippen molar-refractivity contribution in [2.75, 3.05) is 7.11 Å². The number of hydrogen-bond donors (Lipinski definition) is 0. The van der Waals surface area contributed by atoms with Gasteiger partial charge in [-0.2, -0.15) is 13.2 Å². The van der Waals surface area contributed by atoms with Crippen molar-refractivity contribution in [2.24, 2.45) is 4.99 Å². The second-order valence-corrected chi connectivity index (χ2v) is 4.08. The molecule has 20 heavy (non-hydrogen) atoms. The predicted molar refractivity (Wildman–Crippen MR) is 71.7 cm³/mol. The quantitative estimate of drug-likeness (QED) is 0.760.